The van der Waals surface area contributed by atoms with Crippen LogP contribution in [-0.4, -0.2) is 50.4 Å². The molecule has 0 radical (unpaired) electrons. The smallest absolute Gasteiger partial charge is 0.335 e. The van der Waals surface area contributed by atoms with Gasteiger partial charge in [0.2, 0.25) is 0 Å². The maximum absolute atomic E-state index is 12.5. The number of carbonyl (C=O) groups is 2. The number of hydrogen-bond donors (Lipinski definition) is 2. The number of aromatic nitrogens is 3. The van der Waals surface area contributed by atoms with E-state index in [1.165, 1.54) is 18.2 Å². The van der Waals surface area contributed by atoms with Crippen LogP contribution in [0.5, 0.6) is 0 Å². The lowest BCUT2D eigenvalue weighted by atomic mass is 9.88. The van der Waals surface area contributed by atoms with Gasteiger partial charge in [-0.3, -0.25) is 9.89 Å². The molecule has 1 aromatic heterocycles. The summed E-state index contributed by atoms with van der Waals surface area (Å²) < 4.78 is 0. The first-order valence-corrected chi connectivity index (χ1v) is 10.6. The molecule has 1 amide bonds. The SMILES string of the molecule is Cc1cc(C(=O)O)ccc1-c1ccc(C2CC23CCN(C(=O)c2cnn[nH]2)CC3)cc1. The molecule has 0 bridgehead atoms. The topological polar surface area (TPSA) is 99.2 Å². The van der Waals surface area contributed by atoms with Crippen LogP contribution in [0.4, 0.5) is 0 Å². The second-order valence-corrected chi connectivity index (χ2v) is 8.74. The number of carboxylic acid groups (broad SMARTS) is 1. The van der Waals surface area contributed by atoms with Crippen LogP contribution >= 0.6 is 0 Å². The quantitative estimate of drug-likeness (QED) is 0.672. The van der Waals surface area contributed by atoms with Gasteiger partial charge < -0.3 is 10.0 Å². The number of nitrogens with zero attached hydrogens (tertiary/aromatic N) is 3. The zero-order valence-corrected chi connectivity index (χ0v) is 17.3. The number of aromatic carboxylic acids is 1. The molecule has 31 heavy (non-hydrogen) atoms. The molecular formula is C24H24N4O3. The number of hydrogen-bond acceptors (Lipinski definition) is 4. The monoisotopic (exact) mass is 416 g/mol. The minimum Gasteiger partial charge on any atom is -0.478 e. The summed E-state index contributed by atoms with van der Waals surface area (Å²) in [5, 5.41) is 19.1. The summed E-state index contributed by atoms with van der Waals surface area (Å²) in [7, 11) is 0. The Morgan fingerprint density at radius 2 is 1.87 bits per heavy atom. The predicted octanol–water partition coefficient (Wildman–Crippen LogP) is 3.89. The Morgan fingerprint density at radius 3 is 2.48 bits per heavy atom. The van der Waals surface area contributed by atoms with Crippen molar-refractivity contribution in [1.29, 1.82) is 0 Å². The van der Waals surface area contributed by atoms with Gasteiger partial charge in [-0.15, -0.1) is 5.10 Å². The maximum Gasteiger partial charge on any atom is 0.335 e. The van der Waals surface area contributed by atoms with Crippen LogP contribution < -0.4 is 0 Å². The Balaban J connectivity index is 1.25. The Bertz CT molecular complexity index is 1130. The van der Waals surface area contributed by atoms with Gasteiger partial charge in [0.15, 0.2) is 0 Å². The molecule has 1 atom stereocenters. The summed E-state index contributed by atoms with van der Waals surface area (Å²) in [5.41, 5.74) is 5.53. The highest BCUT2D eigenvalue weighted by molar-refractivity contribution is 5.92. The number of piperidine rings is 1. The minimum atomic E-state index is -0.905. The molecule has 5 rings (SSSR count). The number of aromatic amines is 1. The summed E-state index contributed by atoms with van der Waals surface area (Å²) >= 11 is 0. The number of amides is 1. The van der Waals surface area contributed by atoms with Crippen molar-refractivity contribution in [3.63, 3.8) is 0 Å². The molecule has 2 heterocycles. The van der Waals surface area contributed by atoms with Gasteiger partial charge in [0.05, 0.1) is 11.8 Å². The van der Waals surface area contributed by atoms with Crippen LogP contribution in [0.15, 0.2) is 48.7 Å². The summed E-state index contributed by atoms with van der Waals surface area (Å²) in [4.78, 5) is 25.5. The van der Waals surface area contributed by atoms with Crippen LogP contribution in [0.2, 0.25) is 0 Å². The Labute approximate surface area is 180 Å². The molecule has 158 valence electrons. The fraction of sp³-hybridized carbons (Fsp3) is 0.333. The summed E-state index contributed by atoms with van der Waals surface area (Å²) in [6.45, 7) is 3.48. The summed E-state index contributed by atoms with van der Waals surface area (Å²) in [5.74, 6) is -0.383. The van der Waals surface area contributed by atoms with Crippen LogP contribution in [0, 0.1) is 12.3 Å². The van der Waals surface area contributed by atoms with E-state index in [4.69, 9.17) is 5.11 Å². The first kappa shape index (κ1) is 19.5. The van der Waals surface area contributed by atoms with Crippen molar-refractivity contribution in [3.8, 4) is 11.1 Å². The van der Waals surface area contributed by atoms with Gasteiger partial charge in [0.1, 0.15) is 5.69 Å². The molecule has 2 aliphatic rings. The average molecular weight is 416 g/mol. The van der Waals surface area contributed by atoms with Gasteiger partial charge in [-0.25, -0.2) is 4.79 Å². The normalized spacial score (nSPS) is 19.4. The maximum atomic E-state index is 12.5. The van der Waals surface area contributed by atoms with Crippen LogP contribution in [0.1, 0.15) is 57.2 Å². The van der Waals surface area contributed by atoms with Gasteiger partial charge in [-0.05, 0) is 71.9 Å². The van der Waals surface area contributed by atoms with E-state index in [1.807, 2.05) is 17.9 Å². The fourth-order valence-electron chi connectivity index (χ4n) is 5.01. The molecule has 1 unspecified atom stereocenters. The fourth-order valence-corrected chi connectivity index (χ4v) is 5.01. The first-order valence-electron chi connectivity index (χ1n) is 10.6. The molecule has 7 nitrogen and oxygen atoms in total. The van der Waals surface area contributed by atoms with Crippen LogP contribution in [0.3, 0.4) is 0 Å². The third-order valence-corrected chi connectivity index (χ3v) is 6.98. The van der Waals surface area contributed by atoms with Gasteiger partial charge >= 0.3 is 5.97 Å². The highest BCUT2D eigenvalue weighted by Crippen LogP contribution is 2.65. The Kier molecular flexibility index (Phi) is 4.61. The van der Waals surface area contributed by atoms with E-state index in [2.05, 4.69) is 39.7 Å². The second-order valence-electron chi connectivity index (χ2n) is 8.74. The molecule has 1 aliphatic heterocycles. The molecule has 1 saturated carbocycles. The molecule has 1 spiro atoms. The van der Waals surface area contributed by atoms with Crippen molar-refractivity contribution in [2.24, 2.45) is 5.41 Å². The molecule has 3 aromatic rings. The lowest BCUT2D eigenvalue weighted by Crippen LogP contribution is -2.39. The summed E-state index contributed by atoms with van der Waals surface area (Å²) in [6.07, 6.45) is 4.68. The van der Waals surface area contributed by atoms with E-state index in [9.17, 15) is 9.59 Å². The van der Waals surface area contributed by atoms with E-state index in [-0.39, 0.29) is 5.91 Å². The van der Waals surface area contributed by atoms with E-state index in [1.54, 1.807) is 12.1 Å². The van der Waals surface area contributed by atoms with Crippen molar-refractivity contribution < 1.29 is 14.7 Å². The van der Waals surface area contributed by atoms with Gasteiger partial charge in [0, 0.05) is 13.1 Å². The molecular weight excluding hydrogens is 392 g/mol. The molecule has 2 aromatic carbocycles. The molecule has 7 heteroatoms. The van der Waals surface area contributed by atoms with E-state index in [0.717, 1.165) is 42.6 Å². The standard InChI is InChI=1S/C24H24N4O3/c1-15-12-18(23(30)31)6-7-19(15)16-2-4-17(5-3-16)20-13-24(20)8-10-28(11-9-24)22(29)21-14-25-27-26-21/h2-7,12,14,20H,8-11,13H2,1H3,(H,30,31)(H,25,26,27). The highest BCUT2D eigenvalue weighted by atomic mass is 16.4. The first-order chi connectivity index (χ1) is 15.0. The number of carboxylic acids is 1. The lowest BCUT2D eigenvalue weighted by molar-refractivity contribution is 0.0666. The van der Waals surface area contributed by atoms with Crippen molar-refractivity contribution in [1.82, 2.24) is 20.3 Å². The van der Waals surface area contributed by atoms with Crippen LogP contribution in [-0.2, 0) is 0 Å². The highest BCUT2D eigenvalue weighted by Gasteiger charge is 2.55. The summed E-state index contributed by atoms with van der Waals surface area (Å²) in [6, 6.07) is 13.9. The van der Waals surface area contributed by atoms with E-state index in [0.29, 0.717) is 22.6 Å². The third kappa shape index (κ3) is 3.50. The van der Waals surface area contributed by atoms with E-state index >= 15 is 0 Å². The van der Waals surface area contributed by atoms with Crippen molar-refractivity contribution in [2.45, 2.75) is 32.1 Å². The van der Waals surface area contributed by atoms with Gasteiger partial charge in [-0.1, -0.05) is 35.5 Å². The number of nitrogens with one attached hydrogen (secondary N) is 1. The van der Waals surface area contributed by atoms with Crippen molar-refractivity contribution >= 4 is 11.9 Å². The van der Waals surface area contributed by atoms with Gasteiger partial charge in [-0.2, -0.15) is 0 Å². The average Bonchev–Trinajstić information content (AvgIpc) is 3.20. The van der Waals surface area contributed by atoms with Crippen molar-refractivity contribution in [2.75, 3.05) is 13.1 Å². The zero-order valence-electron chi connectivity index (χ0n) is 17.3. The Morgan fingerprint density at radius 1 is 1.13 bits per heavy atom. The van der Waals surface area contributed by atoms with E-state index < -0.39 is 5.97 Å². The molecule has 2 N–H and O–H groups in total. The molecule has 1 saturated heterocycles. The number of carbonyl (C=O) groups excluding carboxylic acids is 1. The predicted molar refractivity (Wildman–Crippen MR) is 115 cm³/mol. The number of H-pyrrole nitrogens is 1. The number of rotatable bonds is 4. The third-order valence-electron chi connectivity index (χ3n) is 6.98. The van der Waals surface area contributed by atoms with Crippen LogP contribution in [0.25, 0.3) is 11.1 Å². The minimum absolute atomic E-state index is 0.0225. The number of likely N-dealkylation sites (tertiary alicyclic amines) is 1. The second kappa shape index (κ2) is 7.34. The largest absolute Gasteiger partial charge is 0.478 e. The Hall–Kier alpha value is -3.48. The number of benzene rings is 2. The lowest BCUT2D eigenvalue weighted by Gasteiger charge is -2.32. The molecule has 2 fully saturated rings. The van der Waals surface area contributed by atoms with Gasteiger partial charge in [0.25, 0.3) is 5.91 Å². The van der Waals surface area contributed by atoms with Crippen molar-refractivity contribution in [3.05, 3.63) is 71.0 Å². The molecule has 1 aliphatic carbocycles. The zero-order chi connectivity index (χ0) is 21.6. The number of aryl methyl sites for hydroxylation is 1.